The molecule has 0 aliphatic carbocycles. The molecule has 2 aliphatic rings. The summed E-state index contributed by atoms with van der Waals surface area (Å²) in [6.45, 7) is 3.31. The lowest BCUT2D eigenvalue weighted by molar-refractivity contribution is -0.146. The first-order valence-electron chi connectivity index (χ1n) is 12.3. The Bertz CT molecular complexity index is 1140. The normalized spacial score (nSPS) is 17.1. The van der Waals surface area contributed by atoms with Crippen molar-refractivity contribution in [2.75, 3.05) is 32.1 Å². The molecule has 1 atom stereocenters. The number of benzene rings is 2. The molecule has 2 aromatic rings. The van der Waals surface area contributed by atoms with E-state index in [0.717, 1.165) is 17.7 Å². The third-order valence-electron chi connectivity index (χ3n) is 7.20. The molecule has 4 rings (SSSR count). The summed E-state index contributed by atoms with van der Waals surface area (Å²) < 4.78 is 5.17. The summed E-state index contributed by atoms with van der Waals surface area (Å²) in [5.41, 5.74) is 3.23. The number of phenolic OH excluding ortho intramolecular Hbond substituents is 1. The van der Waals surface area contributed by atoms with E-state index < -0.39 is 11.9 Å². The van der Waals surface area contributed by atoms with Gasteiger partial charge in [-0.25, -0.2) is 4.79 Å². The van der Waals surface area contributed by atoms with Crippen LogP contribution < -0.4 is 10.1 Å². The van der Waals surface area contributed by atoms with Gasteiger partial charge in [0.1, 0.15) is 0 Å². The fourth-order valence-corrected chi connectivity index (χ4v) is 5.13. The van der Waals surface area contributed by atoms with Gasteiger partial charge in [0.25, 0.3) is 0 Å². The van der Waals surface area contributed by atoms with Crippen molar-refractivity contribution in [1.29, 1.82) is 0 Å². The first-order valence-corrected chi connectivity index (χ1v) is 12.3. The van der Waals surface area contributed by atoms with E-state index in [4.69, 9.17) is 4.74 Å². The second-order valence-electron chi connectivity index (χ2n) is 9.55. The third kappa shape index (κ3) is 5.56. The number of amides is 3. The maximum Gasteiger partial charge on any atom is 0.322 e. The van der Waals surface area contributed by atoms with Crippen molar-refractivity contribution >= 4 is 23.6 Å². The minimum atomic E-state index is -1.04. The van der Waals surface area contributed by atoms with E-state index in [0.29, 0.717) is 43.6 Å². The number of likely N-dealkylation sites (tertiary alicyclic amines) is 1. The first-order chi connectivity index (χ1) is 17.3. The fraction of sp³-hybridized carbons (Fsp3) is 0.444. The van der Waals surface area contributed by atoms with Crippen LogP contribution in [0.5, 0.6) is 11.5 Å². The number of piperidine rings is 1. The number of nitrogens with one attached hydrogen (secondary N) is 1. The number of carboxylic acid groups (broad SMARTS) is 1. The standard InChI is InChI=1S/C27H33N3O6/c1-17-13-18(15-23(36-2)25(17)32)14-20(26(33)34)16-24(31)29-10-8-21(9-11-29)30-12-7-19-5-3-4-6-22(19)28-27(30)35/h3-6,13,15,20-21,32H,7-12,14,16H2,1-2H3,(H,28,35)(H,33,34)/t20-/m0/s1. The number of aliphatic carboxylic acids is 1. The zero-order valence-corrected chi connectivity index (χ0v) is 20.7. The number of carbonyl (C=O) groups excluding carboxylic acids is 2. The molecule has 0 spiro atoms. The van der Waals surface area contributed by atoms with Crippen molar-refractivity contribution in [1.82, 2.24) is 9.80 Å². The third-order valence-corrected chi connectivity index (χ3v) is 7.20. The molecule has 3 amide bonds. The second kappa shape index (κ2) is 10.9. The minimum absolute atomic E-state index is 0.0223. The van der Waals surface area contributed by atoms with Gasteiger partial charge in [0.05, 0.1) is 13.0 Å². The number of rotatable bonds is 7. The van der Waals surface area contributed by atoms with Crippen LogP contribution in [-0.4, -0.2) is 70.7 Å². The number of nitrogens with zero attached hydrogens (tertiary/aromatic N) is 2. The Hall–Kier alpha value is -3.75. The van der Waals surface area contributed by atoms with Crippen molar-refractivity contribution in [2.45, 2.75) is 45.1 Å². The van der Waals surface area contributed by atoms with E-state index >= 15 is 0 Å². The van der Waals surface area contributed by atoms with Gasteiger partial charge in [0.2, 0.25) is 5.91 Å². The van der Waals surface area contributed by atoms with Crippen LogP contribution in [0.3, 0.4) is 0 Å². The van der Waals surface area contributed by atoms with Gasteiger partial charge >= 0.3 is 12.0 Å². The lowest BCUT2D eigenvalue weighted by atomic mass is 9.93. The summed E-state index contributed by atoms with van der Waals surface area (Å²) >= 11 is 0. The molecule has 1 saturated heterocycles. The first kappa shape index (κ1) is 25.3. The van der Waals surface area contributed by atoms with Crippen molar-refractivity contribution in [3.05, 3.63) is 53.1 Å². The fourth-order valence-electron chi connectivity index (χ4n) is 5.13. The summed E-state index contributed by atoms with van der Waals surface area (Å²) in [4.78, 5) is 41.3. The highest BCUT2D eigenvalue weighted by atomic mass is 16.5. The number of hydrogen-bond acceptors (Lipinski definition) is 5. The van der Waals surface area contributed by atoms with Crippen LogP contribution in [0.4, 0.5) is 10.5 Å². The van der Waals surface area contributed by atoms with Crippen LogP contribution in [0.15, 0.2) is 36.4 Å². The Morgan fingerprint density at radius 1 is 1.17 bits per heavy atom. The van der Waals surface area contributed by atoms with Crippen LogP contribution in [0.25, 0.3) is 0 Å². The summed E-state index contributed by atoms with van der Waals surface area (Å²) in [7, 11) is 1.44. The molecule has 0 saturated carbocycles. The molecular formula is C27H33N3O6. The molecule has 2 aromatic carbocycles. The van der Waals surface area contributed by atoms with Crippen LogP contribution in [0.2, 0.25) is 0 Å². The largest absolute Gasteiger partial charge is 0.504 e. The van der Waals surface area contributed by atoms with E-state index in [-0.39, 0.29) is 42.3 Å². The van der Waals surface area contributed by atoms with Gasteiger partial charge in [-0.15, -0.1) is 0 Å². The molecule has 9 nitrogen and oxygen atoms in total. The molecule has 2 aliphatic heterocycles. The van der Waals surface area contributed by atoms with Gasteiger partial charge in [-0.1, -0.05) is 24.3 Å². The number of urea groups is 1. The Morgan fingerprint density at radius 2 is 1.89 bits per heavy atom. The van der Waals surface area contributed by atoms with Crippen molar-refractivity contribution in [3.63, 3.8) is 0 Å². The molecule has 3 N–H and O–H groups in total. The van der Waals surface area contributed by atoms with Crippen molar-refractivity contribution in [2.24, 2.45) is 5.92 Å². The molecule has 0 radical (unpaired) electrons. The monoisotopic (exact) mass is 495 g/mol. The number of carbonyl (C=O) groups is 3. The topological polar surface area (TPSA) is 119 Å². The van der Waals surface area contributed by atoms with E-state index in [1.807, 2.05) is 29.2 Å². The molecular weight excluding hydrogens is 462 g/mol. The molecule has 36 heavy (non-hydrogen) atoms. The Labute approximate surface area is 210 Å². The molecule has 0 aromatic heterocycles. The predicted molar refractivity (Wildman–Crippen MR) is 134 cm³/mol. The number of methoxy groups -OCH3 is 1. The Kier molecular flexibility index (Phi) is 7.67. The number of carboxylic acids is 1. The van der Waals surface area contributed by atoms with Crippen LogP contribution in [0, 0.1) is 12.8 Å². The molecule has 9 heteroatoms. The zero-order chi connectivity index (χ0) is 25.8. The maximum atomic E-state index is 13.0. The van der Waals surface area contributed by atoms with Gasteiger partial charge in [0.15, 0.2) is 11.5 Å². The summed E-state index contributed by atoms with van der Waals surface area (Å²) in [5.74, 6) is -1.82. The number of fused-ring (bicyclic) bond motifs is 1. The lowest BCUT2D eigenvalue weighted by Gasteiger charge is -2.38. The number of anilines is 1. The smallest absolute Gasteiger partial charge is 0.322 e. The number of para-hydroxylation sites is 1. The number of aryl methyl sites for hydroxylation is 1. The lowest BCUT2D eigenvalue weighted by Crippen LogP contribution is -2.50. The van der Waals surface area contributed by atoms with Gasteiger partial charge in [-0.05, 0) is 61.4 Å². The second-order valence-corrected chi connectivity index (χ2v) is 9.55. The molecule has 2 heterocycles. The maximum absolute atomic E-state index is 13.0. The summed E-state index contributed by atoms with van der Waals surface area (Å²) in [5, 5.41) is 22.8. The number of phenols is 1. The van der Waals surface area contributed by atoms with Gasteiger partial charge in [-0.3, -0.25) is 9.59 Å². The Balaban J connectivity index is 1.34. The molecule has 1 fully saturated rings. The highest BCUT2D eigenvalue weighted by Gasteiger charge is 2.32. The van der Waals surface area contributed by atoms with Gasteiger partial charge in [0, 0.05) is 37.8 Å². The average molecular weight is 496 g/mol. The molecule has 0 unspecified atom stereocenters. The summed E-state index contributed by atoms with van der Waals surface area (Å²) in [6.07, 6.45) is 2.13. The molecule has 0 bridgehead atoms. The van der Waals surface area contributed by atoms with Crippen LogP contribution in [0.1, 0.15) is 36.0 Å². The van der Waals surface area contributed by atoms with Crippen molar-refractivity contribution in [3.8, 4) is 11.5 Å². The highest BCUT2D eigenvalue weighted by molar-refractivity contribution is 5.91. The quantitative estimate of drug-likeness (QED) is 0.542. The van der Waals surface area contributed by atoms with Crippen LogP contribution in [-0.2, 0) is 22.4 Å². The zero-order valence-electron chi connectivity index (χ0n) is 20.7. The minimum Gasteiger partial charge on any atom is -0.504 e. The number of hydrogen-bond donors (Lipinski definition) is 3. The predicted octanol–water partition coefficient (Wildman–Crippen LogP) is 3.42. The average Bonchev–Trinajstić information content (AvgIpc) is 3.03. The van der Waals surface area contributed by atoms with E-state index in [9.17, 15) is 24.6 Å². The van der Waals surface area contributed by atoms with Gasteiger partial charge < -0.3 is 30.1 Å². The van der Waals surface area contributed by atoms with Crippen molar-refractivity contribution < 1.29 is 29.3 Å². The van der Waals surface area contributed by atoms with E-state index in [1.54, 1.807) is 24.0 Å². The number of ether oxygens (including phenoxy) is 1. The van der Waals surface area contributed by atoms with E-state index in [1.165, 1.54) is 7.11 Å². The Morgan fingerprint density at radius 3 is 2.58 bits per heavy atom. The summed E-state index contributed by atoms with van der Waals surface area (Å²) in [6, 6.07) is 11.0. The number of aromatic hydroxyl groups is 1. The SMILES string of the molecule is COc1cc(C[C@@H](CC(=O)N2CCC(N3CCc4ccccc4NC3=O)CC2)C(=O)O)cc(C)c1O. The molecule has 192 valence electrons. The highest BCUT2D eigenvalue weighted by Crippen LogP contribution is 2.32. The van der Waals surface area contributed by atoms with E-state index in [2.05, 4.69) is 5.32 Å². The van der Waals surface area contributed by atoms with Crippen LogP contribution >= 0.6 is 0 Å². The van der Waals surface area contributed by atoms with Gasteiger partial charge in [-0.2, -0.15) is 0 Å².